The van der Waals surface area contributed by atoms with Gasteiger partial charge >= 0.3 is 11.9 Å². The van der Waals surface area contributed by atoms with Crippen molar-refractivity contribution >= 4 is 57.5 Å². The minimum Gasteiger partial charge on any atom is -0.478 e. The first-order valence-corrected chi connectivity index (χ1v) is 14.5. The van der Waals surface area contributed by atoms with E-state index in [1.165, 1.54) is 35.2 Å². The molecule has 0 saturated carbocycles. The van der Waals surface area contributed by atoms with E-state index in [0.717, 1.165) is 47.4 Å². The zero-order valence-corrected chi connectivity index (χ0v) is 23.4. The van der Waals surface area contributed by atoms with Crippen LogP contribution in [0.4, 0.5) is 10.7 Å². The van der Waals surface area contributed by atoms with Crippen molar-refractivity contribution in [2.75, 3.05) is 17.2 Å². The number of carbonyl (C=O) groups is 4. The standard InChI is InChI=1S/C29H30N2O6S2/c1-3-37-29(36)24-22-14-5-4-6-15-23(22)39-27(24)31-25(32)17(2)38-19-11-9-10-18(16-19)30-26(33)20-12-7-8-13-21(20)28(34)35/h7-13,16-17H,3-6,14-15H2,1-2H3,(H,30,33)(H,31,32)(H,34,35). The summed E-state index contributed by atoms with van der Waals surface area (Å²) in [7, 11) is 0. The monoisotopic (exact) mass is 566 g/mol. The Kier molecular flexibility index (Phi) is 9.42. The van der Waals surface area contributed by atoms with Gasteiger partial charge in [0.25, 0.3) is 5.91 Å². The first kappa shape index (κ1) is 28.4. The lowest BCUT2D eigenvalue weighted by Crippen LogP contribution is -2.23. The van der Waals surface area contributed by atoms with Crippen LogP contribution in [-0.4, -0.2) is 40.7 Å². The van der Waals surface area contributed by atoms with Crippen LogP contribution in [0, 0.1) is 0 Å². The summed E-state index contributed by atoms with van der Waals surface area (Å²) in [5.74, 6) is -2.37. The number of fused-ring (bicyclic) bond motifs is 1. The summed E-state index contributed by atoms with van der Waals surface area (Å²) in [6, 6.07) is 13.0. The van der Waals surface area contributed by atoms with Crippen molar-refractivity contribution in [2.24, 2.45) is 0 Å². The van der Waals surface area contributed by atoms with Crippen molar-refractivity contribution in [3.63, 3.8) is 0 Å². The zero-order chi connectivity index (χ0) is 27.9. The Morgan fingerprint density at radius 3 is 2.49 bits per heavy atom. The van der Waals surface area contributed by atoms with Gasteiger partial charge in [0.2, 0.25) is 5.91 Å². The lowest BCUT2D eigenvalue weighted by molar-refractivity contribution is -0.115. The Bertz CT molecular complexity index is 1400. The maximum atomic E-state index is 13.2. The van der Waals surface area contributed by atoms with E-state index in [1.807, 2.05) is 6.07 Å². The first-order valence-electron chi connectivity index (χ1n) is 12.8. The summed E-state index contributed by atoms with van der Waals surface area (Å²) in [5.41, 5.74) is 1.93. The number of aryl methyl sites for hydroxylation is 1. The second-order valence-electron chi connectivity index (χ2n) is 9.07. The summed E-state index contributed by atoms with van der Waals surface area (Å²) in [5, 5.41) is 15.1. The predicted molar refractivity (Wildman–Crippen MR) is 153 cm³/mol. The molecule has 0 aliphatic heterocycles. The number of carboxylic acids is 1. The number of aromatic carboxylic acids is 1. The maximum Gasteiger partial charge on any atom is 0.341 e. The van der Waals surface area contributed by atoms with Crippen LogP contribution in [-0.2, 0) is 22.4 Å². The highest BCUT2D eigenvalue weighted by atomic mass is 32.2. The van der Waals surface area contributed by atoms with Crippen LogP contribution in [0.3, 0.4) is 0 Å². The second-order valence-corrected chi connectivity index (χ2v) is 11.6. The van der Waals surface area contributed by atoms with Crippen LogP contribution < -0.4 is 10.6 Å². The number of thiophene rings is 1. The Morgan fingerprint density at radius 1 is 1.00 bits per heavy atom. The Morgan fingerprint density at radius 2 is 1.74 bits per heavy atom. The molecule has 8 nitrogen and oxygen atoms in total. The number of benzene rings is 2. The van der Waals surface area contributed by atoms with Gasteiger partial charge in [0, 0.05) is 15.5 Å². The van der Waals surface area contributed by atoms with Gasteiger partial charge in [-0.3, -0.25) is 9.59 Å². The number of esters is 1. The molecule has 0 fully saturated rings. The fraction of sp³-hybridized carbons (Fsp3) is 0.310. The molecule has 2 amide bonds. The molecule has 1 aromatic heterocycles. The fourth-order valence-electron chi connectivity index (χ4n) is 4.43. The highest BCUT2D eigenvalue weighted by Gasteiger charge is 2.28. The number of carbonyl (C=O) groups excluding carboxylic acids is 3. The first-order chi connectivity index (χ1) is 18.8. The van der Waals surface area contributed by atoms with Crippen LogP contribution in [0.2, 0.25) is 0 Å². The lowest BCUT2D eigenvalue weighted by Gasteiger charge is -2.14. The van der Waals surface area contributed by atoms with Crippen LogP contribution in [0.1, 0.15) is 74.6 Å². The van der Waals surface area contributed by atoms with Gasteiger partial charge in [-0.1, -0.05) is 24.6 Å². The van der Waals surface area contributed by atoms with Crippen molar-refractivity contribution in [3.05, 3.63) is 75.7 Å². The molecular formula is C29H30N2O6S2. The number of carboxylic acid groups (broad SMARTS) is 1. The van der Waals surface area contributed by atoms with Gasteiger partial charge in [-0.25, -0.2) is 9.59 Å². The number of hydrogen-bond donors (Lipinski definition) is 3. The molecule has 1 heterocycles. The number of amides is 2. The fourth-order valence-corrected chi connectivity index (χ4v) is 6.64. The van der Waals surface area contributed by atoms with Gasteiger partial charge in [-0.05, 0) is 75.4 Å². The Labute approximate surface area is 235 Å². The number of ether oxygens (including phenoxy) is 1. The van der Waals surface area contributed by atoms with E-state index < -0.39 is 23.1 Å². The molecule has 0 radical (unpaired) electrons. The highest BCUT2D eigenvalue weighted by Crippen LogP contribution is 2.38. The molecule has 2 aromatic carbocycles. The third-order valence-electron chi connectivity index (χ3n) is 6.31. The number of thioether (sulfide) groups is 1. The van der Waals surface area contributed by atoms with Gasteiger partial charge in [-0.2, -0.15) is 0 Å². The maximum absolute atomic E-state index is 13.2. The summed E-state index contributed by atoms with van der Waals surface area (Å²) in [6.45, 7) is 3.80. The number of anilines is 2. The van der Waals surface area contributed by atoms with E-state index >= 15 is 0 Å². The van der Waals surface area contributed by atoms with Gasteiger partial charge in [-0.15, -0.1) is 23.1 Å². The summed E-state index contributed by atoms with van der Waals surface area (Å²) in [6.07, 6.45) is 4.87. The van der Waals surface area contributed by atoms with Crippen molar-refractivity contribution in [3.8, 4) is 0 Å². The van der Waals surface area contributed by atoms with E-state index in [4.69, 9.17) is 4.74 Å². The van der Waals surface area contributed by atoms with Gasteiger partial charge in [0.1, 0.15) is 5.00 Å². The topological polar surface area (TPSA) is 122 Å². The highest BCUT2D eigenvalue weighted by molar-refractivity contribution is 8.00. The van der Waals surface area contributed by atoms with Crippen LogP contribution in [0.15, 0.2) is 53.4 Å². The molecule has 3 aromatic rings. The SMILES string of the molecule is CCOC(=O)c1c(NC(=O)C(C)Sc2cccc(NC(=O)c3ccccc3C(=O)O)c2)sc2c1CCCCC2. The average molecular weight is 567 g/mol. The Hall–Kier alpha value is -3.63. The minimum absolute atomic E-state index is 0.0579. The largest absolute Gasteiger partial charge is 0.478 e. The molecule has 0 spiro atoms. The van der Waals surface area contributed by atoms with Gasteiger partial charge in [0.15, 0.2) is 0 Å². The average Bonchev–Trinajstić information content (AvgIpc) is 3.08. The van der Waals surface area contributed by atoms with Crippen molar-refractivity contribution in [1.82, 2.24) is 0 Å². The molecule has 39 heavy (non-hydrogen) atoms. The minimum atomic E-state index is -1.18. The lowest BCUT2D eigenvalue weighted by atomic mass is 10.1. The third kappa shape index (κ3) is 6.88. The van der Waals surface area contributed by atoms with Crippen molar-refractivity contribution in [2.45, 2.75) is 56.1 Å². The molecule has 1 atom stereocenters. The molecule has 0 bridgehead atoms. The normalized spacial score (nSPS) is 13.5. The Balaban J connectivity index is 1.46. The molecule has 4 rings (SSSR count). The van der Waals surface area contributed by atoms with E-state index in [1.54, 1.807) is 44.2 Å². The molecular weight excluding hydrogens is 536 g/mol. The van der Waals surface area contributed by atoms with Gasteiger partial charge < -0.3 is 20.5 Å². The van der Waals surface area contributed by atoms with E-state index in [0.29, 0.717) is 16.3 Å². The van der Waals surface area contributed by atoms with Crippen molar-refractivity contribution in [1.29, 1.82) is 0 Å². The number of nitrogens with one attached hydrogen (secondary N) is 2. The third-order valence-corrected chi connectivity index (χ3v) is 8.61. The predicted octanol–water partition coefficient (Wildman–Crippen LogP) is 6.26. The van der Waals surface area contributed by atoms with Gasteiger partial charge in [0.05, 0.1) is 28.5 Å². The van der Waals surface area contributed by atoms with E-state index in [-0.39, 0.29) is 23.6 Å². The molecule has 3 N–H and O–H groups in total. The summed E-state index contributed by atoms with van der Waals surface area (Å²) < 4.78 is 5.31. The molecule has 204 valence electrons. The van der Waals surface area contributed by atoms with Crippen molar-refractivity contribution < 1.29 is 29.0 Å². The van der Waals surface area contributed by atoms with Crippen LogP contribution >= 0.6 is 23.1 Å². The molecule has 1 aliphatic rings. The summed E-state index contributed by atoms with van der Waals surface area (Å²) in [4.78, 5) is 52.1. The molecule has 1 aliphatic carbocycles. The quantitative estimate of drug-likeness (QED) is 0.159. The van der Waals surface area contributed by atoms with Crippen LogP contribution in [0.5, 0.6) is 0 Å². The molecule has 0 saturated heterocycles. The second kappa shape index (κ2) is 12.9. The summed E-state index contributed by atoms with van der Waals surface area (Å²) >= 11 is 2.77. The molecule has 10 heteroatoms. The number of rotatable bonds is 9. The zero-order valence-electron chi connectivity index (χ0n) is 21.7. The smallest absolute Gasteiger partial charge is 0.341 e. The number of hydrogen-bond acceptors (Lipinski definition) is 7. The molecule has 1 unspecified atom stereocenters. The van der Waals surface area contributed by atoms with E-state index in [2.05, 4.69) is 10.6 Å². The van der Waals surface area contributed by atoms with E-state index in [9.17, 15) is 24.3 Å². The van der Waals surface area contributed by atoms with Crippen LogP contribution in [0.25, 0.3) is 0 Å².